The normalized spacial score (nSPS) is 10.2. The average molecular weight is 192 g/mol. The summed E-state index contributed by atoms with van der Waals surface area (Å²) in [5.74, 6) is 0. The van der Waals surface area contributed by atoms with Crippen molar-refractivity contribution in [1.82, 2.24) is 0 Å². The van der Waals surface area contributed by atoms with E-state index in [1.165, 1.54) is 18.4 Å². The van der Waals surface area contributed by atoms with Crippen molar-refractivity contribution in [2.24, 2.45) is 0 Å². The number of aryl methyl sites for hydroxylation is 2. The standard InChI is InChI=1S/C12H20N2/c1-4-5-6-14-11-8-9(2)7-10(3)12(11)13/h7-8,14H,4-6,13H2,1-3H3. The minimum atomic E-state index is 0.881. The van der Waals surface area contributed by atoms with E-state index in [-0.39, 0.29) is 0 Å². The van der Waals surface area contributed by atoms with Gasteiger partial charge in [-0.3, -0.25) is 0 Å². The molecular formula is C12H20N2. The van der Waals surface area contributed by atoms with Crippen LogP contribution in [0.4, 0.5) is 11.4 Å². The number of hydrogen-bond donors (Lipinski definition) is 2. The zero-order chi connectivity index (χ0) is 10.6. The highest BCUT2D eigenvalue weighted by Crippen LogP contribution is 2.24. The fourth-order valence-electron chi connectivity index (χ4n) is 1.52. The smallest absolute Gasteiger partial charge is 0.0579 e. The third-order valence-electron chi connectivity index (χ3n) is 2.38. The number of nitrogens with one attached hydrogen (secondary N) is 1. The first-order chi connectivity index (χ1) is 6.65. The summed E-state index contributed by atoms with van der Waals surface area (Å²) < 4.78 is 0. The highest BCUT2D eigenvalue weighted by atomic mass is 14.9. The summed E-state index contributed by atoms with van der Waals surface area (Å²) >= 11 is 0. The van der Waals surface area contributed by atoms with Crippen LogP contribution in [-0.4, -0.2) is 6.54 Å². The first kappa shape index (κ1) is 10.9. The van der Waals surface area contributed by atoms with E-state index in [2.05, 4.69) is 31.3 Å². The fourth-order valence-corrected chi connectivity index (χ4v) is 1.52. The van der Waals surface area contributed by atoms with Gasteiger partial charge in [0.25, 0.3) is 0 Å². The van der Waals surface area contributed by atoms with Crippen LogP contribution in [0.2, 0.25) is 0 Å². The van der Waals surface area contributed by atoms with Gasteiger partial charge in [-0.25, -0.2) is 0 Å². The van der Waals surface area contributed by atoms with E-state index in [0.29, 0.717) is 0 Å². The predicted octanol–water partition coefficient (Wildman–Crippen LogP) is 3.10. The monoisotopic (exact) mass is 192 g/mol. The maximum absolute atomic E-state index is 5.97. The van der Waals surface area contributed by atoms with Crippen molar-refractivity contribution in [2.75, 3.05) is 17.6 Å². The Kier molecular flexibility index (Phi) is 3.81. The van der Waals surface area contributed by atoms with Gasteiger partial charge < -0.3 is 11.1 Å². The van der Waals surface area contributed by atoms with Crippen molar-refractivity contribution in [3.63, 3.8) is 0 Å². The molecule has 0 spiro atoms. The predicted molar refractivity (Wildman–Crippen MR) is 63.7 cm³/mol. The van der Waals surface area contributed by atoms with Gasteiger partial charge in [-0.15, -0.1) is 0 Å². The molecule has 0 saturated heterocycles. The fraction of sp³-hybridized carbons (Fsp3) is 0.500. The maximum atomic E-state index is 5.97. The van der Waals surface area contributed by atoms with E-state index in [1.54, 1.807) is 0 Å². The highest BCUT2D eigenvalue weighted by molar-refractivity contribution is 5.70. The summed E-state index contributed by atoms with van der Waals surface area (Å²) in [7, 11) is 0. The molecule has 0 fully saturated rings. The van der Waals surface area contributed by atoms with Crippen molar-refractivity contribution in [3.8, 4) is 0 Å². The molecule has 0 amide bonds. The Morgan fingerprint density at radius 3 is 2.64 bits per heavy atom. The van der Waals surface area contributed by atoms with Crippen LogP contribution in [0.25, 0.3) is 0 Å². The quantitative estimate of drug-likeness (QED) is 0.568. The Hall–Kier alpha value is -1.18. The van der Waals surface area contributed by atoms with Gasteiger partial charge in [0.15, 0.2) is 0 Å². The van der Waals surface area contributed by atoms with Gasteiger partial charge in [0.05, 0.1) is 11.4 Å². The van der Waals surface area contributed by atoms with Crippen molar-refractivity contribution < 1.29 is 0 Å². The van der Waals surface area contributed by atoms with Crippen LogP contribution >= 0.6 is 0 Å². The molecule has 0 atom stereocenters. The lowest BCUT2D eigenvalue weighted by Gasteiger charge is -2.12. The van der Waals surface area contributed by atoms with E-state index in [1.807, 2.05) is 6.92 Å². The number of rotatable bonds is 4. The SMILES string of the molecule is CCCCNc1cc(C)cc(C)c1N. The van der Waals surface area contributed by atoms with Crippen LogP contribution in [0.3, 0.4) is 0 Å². The second-order valence-electron chi connectivity index (χ2n) is 3.82. The molecule has 1 aromatic rings. The number of hydrogen-bond acceptors (Lipinski definition) is 2. The van der Waals surface area contributed by atoms with Gasteiger partial charge in [-0.05, 0) is 37.5 Å². The summed E-state index contributed by atoms with van der Waals surface area (Å²) in [4.78, 5) is 0. The number of nitrogens with two attached hydrogens (primary N) is 1. The van der Waals surface area contributed by atoms with Gasteiger partial charge in [0, 0.05) is 6.54 Å². The lowest BCUT2D eigenvalue weighted by molar-refractivity contribution is 0.834. The minimum Gasteiger partial charge on any atom is -0.397 e. The van der Waals surface area contributed by atoms with Gasteiger partial charge in [0.1, 0.15) is 0 Å². The zero-order valence-corrected chi connectivity index (χ0v) is 9.35. The third-order valence-corrected chi connectivity index (χ3v) is 2.38. The maximum Gasteiger partial charge on any atom is 0.0579 e. The molecule has 3 N–H and O–H groups in total. The summed E-state index contributed by atoms with van der Waals surface area (Å²) in [6, 6.07) is 4.22. The summed E-state index contributed by atoms with van der Waals surface area (Å²) in [5, 5.41) is 3.37. The Balaban J connectivity index is 2.75. The molecule has 0 aromatic heterocycles. The molecule has 1 aromatic carbocycles. The van der Waals surface area contributed by atoms with Gasteiger partial charge in [-0.1, -0.05) is 19.4 Å². The average Bonchev–Trinajstić information content (AvgIpc) is 2.13. The summed E-state index contributed by atoms with van der Waals surface area (Å²) in [5.41, 5.74) is 10.3. The molecule has 0 aliphatic rings. The molecule has 0 saturated carbocycles. The second-order valence-corrected chi connectivity index (χ2v) is 3.82. The summed E-state index contributed by atoms with van der Waals surface area (Å²) in [6.45, 7) is 7.33. The topological polar surface area (TPSA) is 38.0 Å². The van der Waals surface area contributed by atoms with Crippen LogP contribution in [0.1, 0.15) is 30.9 Å². The van der Waals surface area contributed by atoms with Crippen LogP contribution < -0.4 is 11.1 Å². The highest BCUT2D eigenvalue weighted by Gasteiger charge is 2.02. The summed E-state index contributed by atoms with van der Waals surface area (Å²) in [6.07, 6.45) is 2.39. The minimum absolute atomic E-state index is 0.881. The largest absolute Gasteiger partial charge is 0.397 e. The lowest BCUT2D eigenvalue weighted by atomic mass is 10.1. The molecule has 2 heteroatoms. The van der Waals surface area contributed by atoms with Crippen molar-refractivity contribution in [1.29, 1.82) is 0 Å². The van der Waals surface area contributed by atoms with E-state index in [4.69, 9.17) is 5.73 Å². The Morgan fingerprint density at radius 1 is 1.29 bits per heavy atom. The first-order valence-corrected chi connectivity index (χ1v) is 5.25. The van der Waals surface area contributed by atoms with E-state index in [0.717, 1.165) is 23.5 Å². The Morgan fingerprint density at radius 2 is 2.00 bits per heavy atom. The van der Waals surface area contributed by atoms with Gasteiger partial charge >= 0.3 is 0 Å². The number of anilines is 2. The molecule has 0 aliphatic heterocycles. The zero-order valence-electron chi connectivity index (χ0n) is 9.35. The van der Waals surface area contributed by atoms with E-state index in [9.17, 15) is 0 Å². The first-order valence-electron chi connectivity index (χ1n) is 5.25. The van der Waals surface area contributed by atoms with Crippen molar-refractivity contribution in [2.45, 2.75) is 33.6 Å². The van der Waals surface area contributed by atoms with Crippen LogP contribution in [0.15, 0.2) is 12.1 Å². The molecule has 0 radical (unpaired) electrons. The van der Waals surface area contributed by atoms with Crippen molar-refractivity contribution in [3.05, 3.63) is 23.3 Å². The Labute approximate surface area is 86.5 Å². The molecule has 0 aliphatic carbocycles. The van der Waals surface area contributed by atoms with Crippen LogP contribution in [-0.2, 0) is 0 Å². The van der Waals surface area contributed by atoms with Gasteiger partial charge in [-0.2, -0.15) is 0 Å². The molecular weight excluding hydrogens is 172 g/mol. The van der Waals surface area contributed by atoms with Crippen LogP contribution in [0, 0.1) is 13.8 Å². The van der Waals surface area contributed by atoms with E-state index >= 15 is 0 Å². The second kappa shape index (κ2) is 4.89. The molecule has 0 bridgehead atoms. The van der Waals surface area contributed by atoms with Crippen LogP contribution in [0.5, 0.6) is 0 Å². The Bertz CT molecular complexity index is 305. The number of nitrogen functional groups attached to an aromatic ring is 1. The number of unbranched alkanes of at least 4 members (excludes halogenated alkanes) is 1. The molecule has 1 rings (SSSR count). The number of benzene rings is 1. The molecule has 0 unspecified atom stereocenters. The van der Waals surface area contributed by atoms with Crippen molar-refractivity contribution >= 4 is 11.4 Å². The third kappa shape index (κ3) is 2.66. The molecule has 2 nitrogen and oxygen atoms in total. The molecule has 0 heterocycles. The molecule has 78 valence electrons. The van der Waals surface area contributed by atoms with Gasteiger partial charge in [0.2, 0.25) is 0 Å². The van der Waals surface area contributed by atoms with E-state index < -0.39 is 0 Å². The lowest BCUT2D eigenvalue weighted by Crippen LogP contribution is -2.05. The molecule has 14 heavy (non-hydrogen) atoms.